The zero-order valence-electron chi connectivity index (χ0n) is 9.69. The Hall–Kier alpha value is -1.66. The lowest BCUT2D eigenvalue weighted by atomic mass is 10.3. The third-order valence-corrected chi connectivity index (χ3v) is 3.45. The molecule has 1 N–H and O–H groups in total. The lowest BCUT2D eigenvalue weighted by Gasteiger charge is -2.02. The topological polar surface area (TPSA) is 63.7 Å². The Morgan fingerprint density at radius 1 is 1.28 bits per heavy atom. The van der Waals surface area contributed by atoms with E-state index in [-0.39, 0.29) is 5.28 Å². The quantitative estimate of drug-likeness (QED) is 0.730. The highest BCUT2D eigenvalue weighted by molar-refractivity contribution is 7.18. The van der Waals surface area contributed by atoms with E-state index in [2.05, 4.69) is 20.2 Å². The Morgan fingerprint density at radius 2 is 2.11 bits per heavy atom. The second-order valence-electron chi connectivity index (χ2n) is 3.86. The smallest absolute Gasteiger partial charge is 0.240 e. The van der Waals surface area contributed by atoms with Crippen LogP contribution in [0, 0.1) is 13.8 Å². The summed E-state index contributed by atoms with van der Waals surface area (Å²) < 4.78 is 5.64. The molecule has 0 aliphatic carbocycles. The molecule has 3 rings (SSSR count). The Morgan fingerprint density at radius 3 is 2.83 bits per heavy atom. The number of fused-ring (bicyclic) bond motifs is 1. The third kappa shape index (κ3) is 2.04. The molecule has 0 radical (unpaired) electrons. The zero-order chi connectivity index (χ0) is 12.7. The molecule has 0 aliphatic rings. The molecule has 0 aliphatic heterocycles. The summed E-state index contributed by atoms with van der Waals surface area (Å²) in [5, 5.41) is 7.84. The average molecular weight is 281 g/mol. The fourth-order valence-electron chi connectivity index (χ4n) is 1.61. The van der Waals surface area contributed by atoms with Crippen molar-refractivity contribution in [2.24, 2.45) is 0 Å². The van der Waals surface area contributed by atoms with Crippen molar-refractivity contribution in [1.82, 2.24) is 20.2 Å². The van der Waals surface area contributed by atoms with Crippen molar-refractivity contribution in [2.75, 3.05) is 0 Å². The minimum absolute atomic E-state index is 0.173. The molecule has 0 spiro atoms. The normalized spacial score (nSPS) is 11.1. The second-order valence-corrected chi connectivity index (χ2v) is 5.44. The van der Waals surface area contributed by atoms with Gasteiger partial charge in [0.1, 0.15) is 4.83 Å². The number of nitrogens with one attached hydrogen (secondary N) is 1. The molecule has 3 heterocycles. The van der Waals surface area contributed by atoms with Crippen molar-refractivity contribution < 1.29 is 4.74 Å². The molecule has 0 atom stereocenters. The van der Waals surface area contributed by atoms with E-state index in [9.17, 15) is 0 Å². The number of aromatic nitrogens is 4. The summed E-state index contributed by atoms with van der Waals surface area (Å²) in [4.78, 5) is 10.2. The molecule has 3 aromatic rings. The first-order valence-electron chi connectivity index (χ1n) is 5.25. The van der Waals surface area contributed by atoms with Gasteiger partial charge in [0.2, 0.25) is 17.0 Å². The molecule has 7 heteroatoms. The number of thiophene rings is 1. The standard InChI is InChI=1S/C11H9ClN4OS/c1-5-3-8(16-15-5)17-9-7-4-6(2)18-10(7)14-11(12)13-9/h3-4H,1-2H3,(H,15,16). The number of rotatable bonds is 2. The molecule has 18 heavy (non-hydrogen) atoms. The summed E-state index contributed by atoms with van der Waals surface area (Å²) in [6, 6.07) is 3.77. The highest BCUT2D eigenvalue weighted by atomic mass is 35.5. The average Bonchev–Trinajstić information content (AvgIpc) is 2.84. The van der Waals surface area contributed by atoms with E-state index in [0.29, 0.717) is 11.8 Å². The van der Waals surface area contributed by atoms with Crippen LogP contribution < -0.4 is 4.74 Å². The van der Waals surface area contributed by atoms with Crippen LogP contribution in [0.15, 0.2) is 12.1 Å². The first kappa shape index (κ1) is 11.4. The van der Waals surface area contributed by atoms with E-state index in [0.717, 1.165) is 20.8 Å². The van der Waals surface area contributed by atoms with Crippen LogP contribution in [0.5, 0.6) is 11.8 Å². The van der Waals surface area contributed by atoms with Crippen LogP contribution in [0.2, 0.25) is 5.28 Å². The number of hydrogen-bond acceptors (Lipinski definition) is 5. The van der Waals surface area contributed by atoms with Gasteiger partial charge >= 0.3 is 0 Å². The summed E-state index contributed by atoms with van der Waals surface area (Å²) in [5.41, 5.74) is 0.919. The van der Waals surface area contributed by atoms with Crippen molar-refractivity contribution in [3.05, 3.63) is 28.0 Å². The zero-order valence-corrected chi connectivity index (χ0v) is 11.3. The Kier molecular flexibility index (Phi) is 2.68. The van der Waals surface area contributed by atoms with E-state index in [1.807, 2.05) is 19.9 Å². The maximum absolute atomic E-state index is 5.88. The SMILES string of the molecule is Cc1cc(Oc2nc(Cl)nc3sc(C)cc23)n[nH]1. The fourth-order valence-corrected chi connectivity index (χ4v) is 2.69. The lowest BCUT2D eigenvalue weighted by Crippen LogP contribution is -1.91. The van der Waals surface area contributed by atoms with Crippen LogP contribution >= 0.6 is 22.9 Å². The highest BCUT2D eigenvalue weighted by Gasteiger charge is 2.12. The van der Waals surface area contributed by atoms with Gasteiger partial charge in [0.15, 0.2) is 0 Å². The summed E-state index contributed by atoms with van der Waals surface area (Å²) in [5.74, 6) is 0.897. The Labute approximate surface area is 112 Å². The number of hydrogen-bond donors (Lipinski definition) is 1. The summed E-state index contributed by atoms with van der Waals surface area (Å²) in [6.07, 6.45) is 0. The number of H-pyrrole nitrogens is 1. The summed E-state index contributed by atoms with van der Waals surface area (Å²) >= 11 is 7.43. The van der Waals surface area contributed by atoms with Crippen LogP contribution in [-0.2, 0) is 0 Å². The van der Waals surface area contributed by atoms with Gasteiger partial charge in [-0.2, -0.15) is 4.98 Å². The maximum atomic E-state index is 5.88. The van der Waals surface area contributed by atoms with Crippen molar-refractivity contribution in [2.45, 2.75) is 13.8 Å². The molecule has 0 bridgehead atoms. The van der Waals surface area contributed by atoms with Gasteiger partial charge in [0.25, 0.3) is 0 Å². The highest BCUT2D eigenvalue weighted by Crippen LogP contribution is 2.32. The Balaban J connectivity index is 2.10. The number of ether oxygens (including phenoxy) is 1. The van der Waals surface area contributed by atoms with E-state index in [1.54, 1.807) is 17.4 Å². The summed E-state index contributed by atoms with van der Waals surface area (Å²) in [7, 11) is 0. The minimum atomic E-state index is 0.173. The summed E-state index contributed by atoms with van der Waals surface area (Å²) in [6.45, 7) is 3.90. The van der Waals surface area contributed by atoms with Gasteiger partial charge in [-0.1, -0.05) is 0 Å². The number of aryl methyl sites for hydroxylation is 2. The molecule has 0 unspecified atom stereocenters. The van der Waals surface area contributed by atoms with E-state index in [4.69, 9.17) is 16.3 Å². The third-order valence-electron chi connectivity index (χ3n) is 2.34. The van der Waals surface area contributed by atoms with E-state index in [1.165, 1.54) is 0 Å². The first-order chi connectivity index (χ1) is 8.61. The minimum Gasteiger partial charge on any atom is -0.418 e. The lowest BCUT2D eigenvalue weighted by molar-refractivity contribution is 0.448. The van der Waals surface area contributed by atoms with Gasteiger partial charge in [0.05, 0.1) is 5.39 Å². The van der Waals surface area contributed by atoms with Crippen LogP contribution in [0.1, 0.15) is 10.6 Å². The number of nitrogens with zero attached hydrogens (tertiary/aromatic N) is 3. The van der Waals surface area contributed by atoms with Crippen molar-refractivity contribution in [1.29, 1.82) is 0 Å². The molecular formula is C11H9ClN4OS. The van der Waals surface area contributed by atoms with Gasteiger partial charge in [-0.3, -0.25) is 5.10 Å². The monoisotopic (exact) mass is 280 g/mol. The van der Waals surface area contributed by atoms with Crippen LogP contribution in [0.4, 0.5) is 0 Å². The number of aromatic amines is 1. The molecule has 5 nitrogen and oxygen atoms in total. The van der Waals surface area contributed by atoms with Gasteiger partial charge in [-0.15, -0.1) is 16.4 Å². The molecule has 92 valence electrons. The molecule has 3 aromatic heterocycles. The van der Waals surface area contributed by atoms with Crippen LogP contribution in [0.3, 0.4) is 0 Å². The largest absolute Gasteiger partial charge is 0.418 e. The predicted octanol–water partition coefficient (Wildman–Crippen LogP) is 3.48. The van der Waals surface area contributed by atoms with Gasteiger partial charge in [0, 0.05) is 16.6 Å². The van der Waals surface area contributed by atoms with E-state index < -0.39 is 0 Å². The number of halogens is 1. The molecular weight excluding hydrogens is 272 g/mol. The molecule has 0 fully saturated rings. The first-order valence-corrected chi connectivity index (χ1v) is 6.45. The second kappa shape index (κ2) is 4.22. The molecule has 0 aromatic carbocycles. The maximum Gasteiger partial charge on any atom is 0.240 e. The van der Waals surface area contributed by atoms with Crippen molar-refractivity contribution in [3.63, 3.8) is 0 Å². The predicted molar refractivity (Wildman–Crippen MR) is 70.6 cm³/mol. The van der Waals surface area contributed by atoms with Crippen LogP contribution in [0.25, 0.3) is 10.2 Å². The van der Waals surface area contributed by atoms with Crippen molar-refractivity contribution >= 4 is 33.2 Å². The van der Waals surface area contributed by atoms with Gasteiger partial charge in [-0.05, 0) is 31.5 Å². The molecule has 0 amide bonds. The van der Waals surface area contributed by atoms with Gasteiger partial charge in [-0.25, -0.2) is 4.98 Å². The Bertz CT molecular complexity index is 721. The van der Waals surface area contributed by atoms with E-state index >= 15 is 0 Å². The van der Waals surface area contributed by atoms with Crippen molar-refractivity contribution in [3.8, 4) is 11.8 Å². The van der Waals surface area contributed by atoms with Gasteiger partial charge < -0.3 is 4.74 Å². The molecule has 0 saturated heterocycles. The fraction of sp³-hybridized carbons (Fsp3) is 0.182. The molecule has 0 saturated carbocycles. The van der Waals surface area contributed by atoms with Crippen LogP contribution in [-0.4, -0.2) is 20.2 Å².